The fourth-order valence-electron chi connectivity index (χ4n) is 4.21. The van der Waals surface area contributed by atoms with Crippen LogP contribution in [-0.2, 0) is 0 Å². The Hall–Kier alpha value is -3.32. The van der Waals surface area contributed by atoms with Crippen LogP contribution in [0, 0.1) is 0 Å². The van der Waals surface area contributed by atoms with Gasteiger partial charge < -0.3 is 24.6 Å². The summed E-state index contributed by atoms with van der Waals surface area (Å²) in [4.78, 5) is 22.6. The molecule has 2 aliphatic rings. The number of hydrogen-bond acceptors (Lipinski definition) is 6. The lowest BCUT2D eigenvalue weighted by Crippen LogP contribution is -2.46. The minimum Gasteiger partial charge on any atom is -0.486 e. The van der Waals surface area contributed by atoms with Crippen molar-refractivity contribution in [3.05, 3.63) is 54.2 Å². The first-order chi connectivity index (χ1) is 15.2. The van der Waals surface area contributed by atoms with Gasteiger partial charge in [-0.2, -0.15) is 0 Å². The highest BCUT2D eigenvalue weighted by molar-refractivity contribution is 6.14. The SMILES string of the molecule is CCN1CCN(c2ncc(C(=O)Nc3ccc4c(c3)OCCO4)c3ccccc23)CC1. The Bertz CT molecular complexity index is 1110. The van der Waals surface area contributed by atoms with Crippen molar-refractivity contribution in [1.29, 1.82) is 0 Å². The van der Waals surface area contributed by atoms with E-state index in [9.17, 15) is 4.79 Å². The van der Waals surface area contributed by atoms with Gasteiger partial charge in [0.2, 0.25) is 0 Å². The third kappa shape index (κ3) is 3.88. The molecule has 0 aliphatic carbocycles. The second-order valence-electron chi connectivity index (χ2n) is 7.77. The molecule has 3 aromatic rings. The average Bonchev–Trinajstić information content (AvgIpc) is 2.83. The van der Waals surface area contributed by atoms with Gasteiger partial charge in [-0.15, -0.1) is 0 Å². The molecule has 1 amide bonds. The van der Waals surface area contributed by atoms with Gasteiger partial charge in [-0.1, -0.05) is 31.2 Å². The number of amides is 1. The van der Waals surface area contributed by atoms with E-state index in [2.05, 4.69) is 22.0 Å². The molecule has 0 saturated carbocycles. The zero-order valence-electron chi connectivity index (χ0n) is 17.6. The topological polar surface area (TPSA) is 66.9 Å². The van der Waals surface area contributed by atoms with E-state index < -0.39 is 0 Å². The van der Waals surface area contributed by atoms with Gasteiger partial charge in [-0.05, 0) is 24.1 Å². The predicted octanol–water partition coefficient (Wildman–Crippen LogP) is 3.40. The Balaban J connectivity index is 1.42. The number of rotatable bonds is 4. The molecule has 0 spiro atoms. The molecule has 7 nitrogen and oxygen atoms in total. The van der Waals surface area contributed by atoms with Crippen LogP contribution in [0.2, 0.25) is 0 Å². The number of nitrogens with zero attached hydrogens (tertiary/aromatic N) is 3. The first kappa shape index (κ1) is 19.6. The van der Waals surface area contributed by atoms with Gasteiger partial charge in [0.05, 0.1) is 5.56 Å². The van der Waals surface area contributed by atoms with Crippen LogP contribution in [0.15, 0.2) is 48.7 Å². The number of piperazine rings is 1. The summed E-state index contributed by atoms with van der Waals surface area (Å²) in [6, 6.07) is 13.4. The van der Waals surface area contributed by atoms with Crippen LogP contribution in [0.4, 0.5) is 11.5 Å². The van der Waals surface area contributed by atoms with Crippen molar-refractivity contribution >= 4 is 28.2 Å². The van der Waals surface area contributed by atoms with Crippen LogP contribution < -0.4 is 19.7 Å². The number of carbonyl (C=O) groups excluding carboxylic acids is 1. The van der Waals surface area contributed by atoms with Gasteiger partial charge in [-0.25, -0.2) is 4.98 Å². The van der Waals surface area contributed by atoms with Gasteiger partial charge in [0.15, 0.2) is 11.5 Å². The molecule has 0 bridgehead atoms. The average molecular weight is 418 g/mol. The van der Waals surface area contributed by atoms with Crippen molar-refractivity contribution in [3.8, 4) is 11.5 Å². The number of likely N-dealkylation sites (N-methyl/N-ethyl adjacent to an activating group) is 1. The summed E-state index contributed by atoms with van der Waals surface area (Å²) >= 11 is 0. The molecule has 2 aliphatic heterocycles. The van der Waals surface area contributed by atoms with Gasteiger partial charge in [0, 0.05) is 49.5 Å². The monoisotopic (exact) mass is 418 g/mol. The molecule has 31 heavy (non-hydrogen) atoms. The molecular formula is C24H26N4O3. The van der Waals surface area contributed by atoms with Crippen molar-refractivity contribution in [3.63, 3.8) is 0 Å². The van der Waals surface area contributed by atoms with Crippen LogP contribution in [0.1, 0.15) is 17.3 Å². The molecule has 3 heterocycles. The van der Waals surface area contributed by atoms with Crippen LogP contribution in [0.5, 0.6) is 11.5 Å². The maximum atomic E-state index is 13.1. The highest BCUT2D eigenvalue weighted by Gasteiger charge is 2.21. The summed E-state index contributed by atoms with van der Waals surface area (Å²) in [7, 11) is 0. The van der Waals surface area contributed by atoms with E-state index in [0.29, 0.717) is 36.0 Å². The number of pyridine rings is 1. The summed E-state index contributed by atoms with van der Waals surface area (Å²) in [6.45, 7) is 8.24. The lowest BCUT2D eigenvalue weighted by Gasteiger charge is -2.35. The minimum atomic E-state index is -0.192. The molecule has 0 radical (unpaired) electrons. The molecule has 7 heteroatoms. The molecule has 0 atom stereocenters. The summed E-state index contributed by atoms with van der Waals surface area (Å²) in [5.74, 6) is 2.10. The van der Waals surface area contributed by atoms with E-state index in [-0.39, 0.29) is 5.91 Å². The van der Waals surface area contributed by atoms with Crippen LogP contribution >= 0.6 is 0 Å². The second-order valence-corrected chi connectivity index (χ2v) is 7.77. The molecule has 5 rings (SSSR count). The molecule has 1 aromatic heterocycles. The summed E-state index contributed by atoms with van der Waals surface area (Å²) in [6.07, 6.45) is 1.69. The maximum absolute atomic E-state index is 13.1. The predicted molar refractivity (Wildman–Crippen MR) is 121 cm³/mol. The highest BCUT2D eigenvalue weighted by atomic mass is 16.6. The van der Waals surface area contributed by atoms with E-state index in [4.69, 9.17) is 14.5 Å². The minimum absolute atomic E-state index is 0.192. The molecule has 1 fully saturated rings. The largest absolute Gasteiger partial charge is 0.486 e. The maximum Gasteiger partial charge on any atom is 0.257 e. The van der Waals surface area contributed by atoms with Crippen LogP contribution in [0.3, 0.4) is 0 Å². The highest BCUT2D eigenvalue weighted by Crippen LogP contribution is 2.33. The molecule has 2 aromatic carbocycles. The Labute approximate surface area is 181 Å². The van der Waals surface area contributed by atoms with E-state index >= 15 is 0 Å². The Morgan fingerprint density at radius 1 is 1.00 bits per heavy atom. The molecule has 0 unspecified atom stereocenters. The third-order valence-corrected chi connectivity index (χ3v) is 5.94. The number of nitrogens with one attached hydrogen (secondary N) is 1. The van der Waals surface area contributed by atoms with E-state index in [1.165, 1.54) is 0 Å². The number of benzene rings is 2. The Kier molecular flexibility index (Phi) is 5.34. The first-order valence-corrected chi connectivity index (χ1v) is 10.8. The number of anilines is 2. The smallest absolute Gasteiger partial charge is 0.257 e. The van der Waals surface area contributed by atoms with Crippen molar-refractivity contribution in [2.45, 2.75) is 6.92 Å². The quantitative estimate of drug-likeness (QED) is 0.701. The van der Waals surface area contributed by atoms with Gasteiger partial charge in [-0.3, -0.25) is 4.79 Å². The fourth-order valence-corrected chi connectivity index (χ4v) is 4.21. The van der Waals surface area contributed by atoms with Crippen LogP contribution in [-0.4, -0.2) is 61.7 Å². The number of carbonyl (C=O) groups is 1. The Morgan fingerprint density at radius 3 is 2.52 bits per heavy atom. The van der Waals surface area contributed by atoms with Crippen molar-refractivity contribution in [2.75, 3.05) is 56.2 Å². The number of fused-ring (bicyclic) bond motifs is 2. The van der Waals surface area contributed by atoms with E-state index in [1.54, 1.807) is 12.3 Å². The second kappa shape index (κ2) is 8.43. The van der Waals surface area contributed by atoms with Gasteiger partial charge in [0.25, 0.3) is 5.91 Å². The normalized spacial score (nSPS) is 16.4. The van der Waals surface area contributed by atoms with Crippen molar-refractivity contribution < 1.29 is 14.3 Å². The summed E-state index contributed by atoms with van der Waals surface area (Å²) in [5.41, 5.74) is 1.22. The standard InChI is InChI=1S/C24H26N4O3/c1-2-27-9-11-28(12-10-27)23-19-6-4-3-5-18(19)20(16-25-23)24(29)26-17-7-8-21-22(15-17)31-14-13-30-21/h3-8,15-16H,2,9-14H2,1H3,(H,26,29). The first-order valence-electron chi connectivity index (χ1n) is 10.8. The Morgan fingerprint density at radius 2 is 1.74 bits per heavy atom. The van der Waals surface area contributed by atoms with E-state index in [0.717, 1.165) is 49.3 Å². The fraction of sp³-hybridized carbons (Fsp3) is 0.333. The van der Waals surface area contributed by atoms with Crippen molar-refractivity contribution in [1.82, 2.24) is 9.88 Å². The number of hydrogen-bond donors (Lipinski definition) is 1. The van der Waals surface area contributed by atoms with Crippen LogP contribution in [0.25, 0.3) is 10.8 Å². The zero-order valence-corrected chi connectivity index (χ0v) is 17.6. The lowest BCUT2D eigenvalue weighted by molar-refractivity contribution is 0.102. The summed E-state index contributed by atoms with van der Waals surface area (Å²) in [5, 5.41) is 4.88. The number of ether oxygens (including phenoxy) is 2. The van der Waals surface area contributed by atoms with E-state index in [1.807, 2.05) is 36.4 Å². The molecular weight excluding hydrogens is 392 g/mol. The molecule has 1 saturated heterocycles. The molecule has 160 valence electrons. The number of aromatic nitrogens is 1. The van der Waals surface area contributed by atoms with Crippen molar-refractivity contribution in [2.24, 2.45) is 0 Å². The van der Waals surface area contributed by atoms with Gasteiger partial charge in [0.1, 0.15) is 19.0 Å². The van der Waals surface area contributed by atoms with Gasteiger partial charge >= 0.3 is 0 Å². The summed E-state index contributed by atoms with van der Waals surface area (Å²) < 4.78 is 11.2. The zero-order chi connectivity index (χ0) is 21.2. The third-order valence-electron chi connectivity index (χ3n) is 5.94. The molecule has 1 N–H and O–H groups in total. The lowest BCUT2D eigenvalue weighted by atomic mass is 10.1.